The summed E-state index contributed by atoms with van der Waals surface area (Å²) in [5, 5.41) is 0. The van der Waals surface area contributed by atoms with Crippen molar-refractivity contribution >= 4 is 28.2 Å². The molecule has 2 aromatic carbocycles. The van der Waals surface area contributed by atoms with E-state index < -0.39 is 0 Å². The molecule has 0 unspecified atom stereocenters. The SMILES string of the molecule is NC(=S)Cc1nc2ccccc2n1Cc1ccc(F)cc1. The molecule has 1 heterocycles. The van der Waals surface area contributed by atoms with E-state index in [1.807, 2.05) is 24.3 Å². The Hall–Kier alpha value is -2.27. The second-order valence-electron chi connectivity index (χ2n) is 4.87. The summed E-state index contributed by atoms with van der Waals surface area (Å²) in [5.41, 5.74) is 8.59. The van der Waals surface area contributed by atoms with E-state index in [0.717, 1.165) is 22.4 Å². The largest absolute Gasteiger partial charge is 0.393 e. The lowest BCUT2D eigenvalue weighted by Gasteiger charge is -2.09. The van der Waals surface area contributed by atoms with Gasteiger partial charge in [0.05, 0.1) is 22.4 Å². The van der Waals surface area contributed by atoms with Crippen LogP contribution in [-0.2, 0) is 13.0 Å². The lowest BCUT2D eigenvalue weighted by molar-refractivity contribution is 0.626. The molecule has 21 heavy (non-hydrogen) atoms. The fourth-order valence-corrected chi connectivity index (χ4v) is 2.49. The van der Waals surface area contributed by atoms with Gasteiger partial charge in [-0.05, 0) is 29.8 Å². The lowest BCUT2D eigenvalue weighted by atomic mass is 10.2. The Bertz CT molecular complexity index is 793. The predicted octanol–water partition coefficient (Wildman–Crippen LogP) is 3.05. The van der Waals surface area contributed by atoms with Crippen molar-refractivity contribution in [1.82, 2.24) is 9.55 Å². The van der Waals surface area contributed by atoms with E-state index >= 15 is 0 Å². The zero-order valence-electron chi connectivity index (χ0n) is 11.3. The highest BCUT2D eigenvalue weighted by atomic mass is 32.1. The predicted molar refractivity (Wildman–Crippen MR) is 85.7 cm³/mol. The maximum atomic E-state index is 13.0. The first kappa shape index (κ1) is 13.7. The highest BCUT2D eigenvalue weighted by Gasteiger charge is 2.11. The number of rotatable bonds is 4. The van der Waals surface area contributed by atoms with Crippen LogP contribution in [0, 0.1) is 5.82 Å². The average molecular weight is 299 g/mol. The smallest absolute Gasteiger partial charge is 0.123 e. The molecule has 0 bridgehead atoms. The maximum absolute atomic E-state index is 13.0. The number of hydrogen-bond donors (Lipinski definition) is 1. The molecule has 3 aromatic rings. The van der Waals surface area contributed by atoms with Crippen molar-refractivity contribution in [2.75, 3.05) is 0 Å². The van der Waals surface area contributed by atoms with Crippen LogP contribution in [-0.4, -0.2) is 14.5 Å². The van der Waals surface area contributed by atoms with Crippen LogP contribution in [0.2, 0.25) is 0 Å². The molecular weight excluding hydrogens is 285 g/mol. The third-order valence-electron chi connectivity index (χ3n) is 3.32. The Kier molecular flexibility index (Phi) is 3.66. The number of benzene rings is 2. The number of hydrogen-bond acceptors (Lipinski definition) is 2. The third-order valence-corrected chi connectivity index (χ3v) is 3.46. The number of fused-ring (bicyclic) bond motifs is 1. The summed E-state index contributed by atoms with van der Waals surface area (Å²) in [6.07, 6.45) is 0.450. The number of nitrogens with zero attached hydrogens (tertiary/aromatic N) is 2. The van der Waals surface area contributed by atoms with Gasteiger partial charge in [-0.3, -0.25) is 0 Å². The van der Waals surface area contributed by atoms with Gasteiger partial charge in [0.25, 0.3) is 0 Å². The van der Waals surface area contributed by atoms with Crippen LogP contribution < -0.4 is 5.73 Å². The van der Waals surface area contributed by atoms with Crippen molar-refractivity contribution in [3.8, 4) is 0 Å². The minimum atomic E-state index is -0.238. The van der Waals surface area contributed by atoms with Gasteiger partial charge >= 0.3 is 0 Å². The van der Waals surface area contributed by atoms with Crippen LogP contribution in [0.3, 0.4) is 0 Å². The first-order chi connectivity index (χ1) is 10.1. The van der Waals surface area contributed by atoms with Crippen LogP contribution in [0.15, 0.2) is 48.5 Å². The molecule has 0 radical (unpaired) electrons. The average Bonchev–Trinajstić information content (AvgIpc) is 2.78. The number of aromatic nitrogens is 2. The fourth-order valence-electron chi connectivity index (χ4n) is 2.37. The molecule has 0 fully saturated rings. The molecule has 0 aliphatic rings. The monoisotopic (exact) mass is 299 g/mol. The zero-order chi connectivity index (χ0) is 14.8. The number of halogens is 1. The van der Waals surface area contributed by atoms with Crippen molar-refractivity contribution in [3.05, 3.63) is 65.7 Å². The number of nitrogens with two attached hydrogens (primary N) is 1. The van der Waals surface area contributed by atoms with Crippen molar-refractivity contribution in [3.63, 3.8) is 0 Å². The van der Waals surface area contributed by atoms with Gasteiger partial charge in [-0.1, -0.05) is 36.5 Å². The topological polar surface area (TPSA) is 43.8 Å². The van der Waals surface area contributed by atoms with Crippen molar-refractivity contribution in [2.24, 2.45) is 5.73 Å². The minimum absolute atomic E-state index is 0.238. The van der Waals surface area contributed by atoms with E-state index in [9.17, 15) is 4.39 Å². The Morgan fingerprint density at radius 1 is 1.14 bits per heavy atom. The standard InChI is InChI=1S/C16H14FN3S/c17-12-7-5-11(6-8-12)10-20-14-4-2-1-3-13(14)19-16(20)9-15(18)21/h1-8H,9-10H2,(H2,18,21). The van der Waals surface area contributed by atoms with Crippen LogP contribution in [0.4, 0.5) is 4.39 Å². The van der Waals surface area contributed by atoms with Crippen LogP contribution >= 0.6 is 12.2 Å². The molecule has 0 aliphatic heterocycles. The molecule has 2 N–H and O–H groups in total. The second-order valence-corrected chi connectivity index (χ2v) is 5.40. The first-order valence-corrected chi connectivity index (χ1v) is 7.01. The van der Waals surface area contributed by atoms with E-state index in [1.54, 1.807) is 12.1 Å². The zero-order valence-corrected chi connectivity index (χ0v) is 12.1. The van der Waals surface area contributed by atoms with E-state index in [2.05, 4.69) is 9.55 Å². The molecule has 0 saturated carbocycles. The van der Waals surface area contributed by atoms with Crippen LogP contribution in [0.1, 0.15) is 11.4 Å². The summed E-state index contributed by atoms with van der Waals surface area (Å²) < 4.78 is 15.1. The quantitative estimate of drug-likeness (QED) is 0.753. The van der Waals surface area contributed by atoms with E-state index in [1.165, 1.54) is 12.1 Å². The van der Waals surface area contributed by atoms with Crippen molar-refractivity contribution in [2.45, 2.75) is 13.0 Å². The van der Waals surface area contributed by atoms with E-state index in [4.69, 9.17) is 18.0 Å². The second kappa shape index (κ2) is 5.61. The van der Waals surface area contributed by atoms with E-state index in [0.29, 0.717) is 18.0 Å². The number of imidazole rings is 1. The Morgan fingerprint density at radius 2 is 1.86 bits per heavy atom. The van der Waals surface area contributed by atoms with Gasteiger partial charge in [0.15, 0.2) is 0 Å². The van der Waals surface area contributed by atoms with Crippen LogP contribution in [0.25, 0.3) is 11.0 Å². The molecule has 5 heteroatoms. The summed E-state index contributed by atoms with van der Waals surface area (Å²) >= 11 is 5.00. The molecular formula is C16H14FN3S. The van der Waals surface area contributed by atoms with E-state index in [-0.39, 0.29) is 5.82 Å². The molecule has 106 valence electrons. The fraction of sp³-hybridized carbons (Fsp3) is 0.125. The Labute approximate surface area is 127 Å². The summed E-state index contributed by atoms with van der Waals surface area (Å²) in [4.78, 5) is 5.00. The van der Waals surface area contributed by atoms with Crippen LogP contribution in [0.5, 0.6) is 0 Å². The maximum Gasteiger partial charge on any atom is 0.123 e. The molecule has 0 amide bonds. The Balaban J connectivity index is 2.05. The number of para-hydroxylation sites is 2. The highest BCUT2D eigenvalue weighted by molar-refractivity contribution is 7.80. The third kappa shape index (κ3) is 2.92. The molecule has 0 saturated heterocycles. The first-order valence-electron chi connectivity index (χ1n) is 6.60. The minimum Gasteiger partial charge on any atom is -0.393 e. The molecule has 3 rings (SSSR count). The van der Waals surface area contributed by atoms with Gasteiger partial charge in [0.2, 0.25) is 0 Å². The summed E-state index contributed by atoms with van der Waals surface area (Å²) in [6, 6.07) is 14.3. The summed E-state index contributed by atoms with van der Waals surface area (Å²) in [7, 11) is 0. The lowest BCUT2D eigenvalue weighted by Crippen LogP contribution is -2.15. The van der Waals surface area contributed by atoms with Gasteiger partial charge in [-0.2, -0.15) is 0 Å². The van der Waals surface area contributed by atoms with Gasteiger partial charge in [-0.25, -0.2) is 9.37 Å². The van der Waals surface area contributed by atoms with Gasteiger partial charge < -0.3 is 10.3 Å². The van der Waals surface area contributed by atoms with Gasteiger partial charge in [-0.15, -0.1) is 0 Å². The molecule has 0 spiro atoms. The summed E-state index contributed by atoms with van der Waals surface area (Å²) in [5.74, 6) is 0.589. The molecule has 3 nitrogen and oxygen atoms in total. The summed E-state index contributed by atoms with van der Waals surface area (Å²) in [6.45, 7) is 0.610. The molecule has 0 aliphatic carbocycles. The van der Waals surface area contributed by atoms with Crippen molar-refractivity contribution < 1.29 is 4.39 Å². The molecule has 1 aromatic heterocycles. The van der Waals surface area contributed by atoms with Crippen molar-refractivity contribution in [1.29, 1.82) is 0 Å². The highest BCUT2D eigenvalue weighted by Crippen LogP contribution is 2.18. The van der Waals surface area contributed by atoms with Gasteiger partial charge in [0, 0.05) is 6.54 Å². The molecule has 0 atom stereocenters. The normalized spacial score (nSPS) is 10.9. The Morgan fingerprint density at radius 3 is 2.57 bits per heavy atom. The van der Waals surface area contributed by atoms with Gasteiger partial charge in [0.1, 0.15) is 11.6 Å². The number of thiocarbonyl (C=S) groups is 1.